The Morgan fingerprint density at radius 3 is 2.80 bits per heavy atom. The highest BCUT2D eigenvalue weighted by Crippen LogP contribution is 2.23. The number of aromatic nitrogens is 2. The molecule has 1 aromatic heterocycles. The van der Waals surface area contributed by atoms with E-state index >= 15 is 0 Å². The van der Waals surface area contributed by atoms with Crippen LogP contribution in [-0.2, 0) is 0 Å². The lowest BCUT2D eigenvalue weighted by Crippen LogP contribution is -2.03. The number of benzene rings is 1. The fourth-order valence-corrected chi connectivity index (χ4v) is 1.96. The quantitative estimate of drug-likeness (QED) is 0.778. The maximum atomic E-state index is 4.27. The Kier molecular flexibility index (Phi) is 3.21. The molecule has 0 radical (unpaired) electrons. The van der Waals surface area contributed by atoms with Gasteiger partial charge in [-0.1, -0.05) is 41.1 Å². The topological polar surface area (TPSA) is 17.8 Å². The molecule has 15 heavy (non-hydrogen) atoms. The van der Waals surface area contributed by atoms with Crippen LogP contribution in [0.2, 0.25) is 0 Å². The van der Waals surface area contributed by atoms with E-state index in [0.717, 1.165) is 11.0 Å². The third kappa shape index (κ3) is 2.12. The van der Waals surface area contributed by atoms with Gasteiger partial charge in [-0.25, -0.2) is 4.68 Å². The van der Waals surface area contributed by atoms with Gasteiger partial charge in [0.25, 0.3) is 0 Å². The van der Waals surface area contributed by atoms with Crippen LogP contribution < -0.4 is 0 Å². The van der Waals surface area contributed by atoms with Crippen molar-refractivity contribution >= 4 is 15.9 Å². The fraction of sp³-hybridized carbons (Fsp3) is 0.250. The molecule has 1 aromatic carbocycles. The normalized spacial score (nSPS) is 12.7. The van der Waals surface area contributed by atoms with Crippen molar-refractivity contribution in [2.45, 2.75) is 12.8 Å². The van der Waals surface area contributed by atoms with E-state index in [9.17, 15) is 0 Å². The summed E-state index contributed by atoms with van der Waals surface area (Å²) < 4.78 is 1.91. The van der Waals surface area contributed by atoms with Crippen LogP contribution in [-0.4, -0.2) is 15.1 Å². The van der Waals surface area contributed by atoms with E-state index in [0.29, 0.717) is 5.92 Å². The number of nitrogens with zero attached hydrogens (tertiary/aromatic N) is 2. The van der Waals surface area contributed by atoms with Gasteiger partial charge >= 0.3 is 0 Å². The minimum absolute atomic E-state index is 0.491. The second kappa shape index (κ2) is 4.62. The van der Waals surface area contributed by atoms with Crippen molar-refractivity contribution in [3.63, 3.8) is 0 Å². The molecule has 0 aliphatic heterocycles. The van der Waals surface area contributed by atoms with Gasteiger partial charge in [-0.15, -0.1) is 0 Å². The molecule has 1 atom stereocenters. The van der Waals surface area contributed by atoms with Crippen LogP contribution in [0.5, 0.6) is 0 Å². The summed E-state index contributed by atoms with van der Waals surface area (Å²) in [5, 5.41) is 5.23. The zero-order valence-corrected chi connectivity index (χ0v) is 10.2. The van der Waals surface area contributed by atoms with Gasteiger partial charge in [0.05, 0.1) is 5.69 Å². The van der Waals surface area contributed by atoms with Crippen LogP contribution in [0.15, 0.2) is 42.7 Å². The Morgan fingerprint density at radius 1 is 1.33 bits per heavy atom. The molecule has 0 spiro atoms. The van der Waals surface area contributed by atoms with E-state index in [4.69, 9.17) is 0 Å². The highest BCUT2D eigenvalue weighted by molar-refractivity contribution is 9.09. The van der Waals surface area contributed by atoms with Gasteiger partial charge in [-0.05, 0) is 23.6 Å². The molecule has 0 fully saturated rings. The average molecular weight is 265 g/mol. The monoisotopic (exact) mass is 264 g/mol. The summed E-state index contributed by atoms with van der Waals surface area (Å²) >= 11 is 3.52. The second-order valence-corrected chi connectivity index (χ2v) is 4.21. The Bertz CT molecular complexity index is 423. The molecule has 3 heteroatoms. The highest BCUT2D eigenvalue weighted by Gasteiger charge is 2.09. The van der Waals surface area contributed by atoms with Gasteiger partial charge < -0.3 is 0 Å². The van der Waals surface area contributed by atoms with Crippen LogP contribution in [0, 0.1) is 0 Å². The van der Waals surface area contributed by atoms with Crippen LogP contribution in [0.4, 0.5) is 0 Å². The first-order valence-corrected chi connectivity index (χ1v) is 6.10. The van der Waals surface area contributed by atoms with Crippen molar-refractivity contribution in [1.82, 2.24) is 9.78 Å². The summed E-state index contributed by atoms with van der Waals surface area (Å²) in [7, 11) is 0. The molecule has 0 aliphatic rings. The van der Waals surface area contributed by atoms with E-state index in [-0.39, 0.29) is 0 Å². The Labute approximate surface area is 98.1 Å². The Balaban J connectivity index is 2.47. The zero-order chi connectivity index (χ0) is 10.7. The number of halogens is 1. The Hall–Kier alpha value is -1.09. The van der Waals surface area contributed by atoms with Gasteiger partial charge in [-0.3, -0.25) is 0 Å². The summed E-state index contributed by atoms with van der Waals surface area (Å²) in [6.45, 7) is 2.21. The molecule has 0 aliphatic carbocycles. The Morgan fingerprint density at radius 2 is 2.13 bits per heavy atom. The third-order valence-electron chi connectivity index (χ3n) is 2.45. The molecular weight excluding hydrogens is 252 g/mol. The molecular formula is C12H13BrN2. The highest BCUT2D eigenvalue weighted by atomic mass is 79.9. The van der Waals surface area contributed by atoms with Gasteiger partial charge in [0.2, 0.25) is 0 Å². The molecule has 1 heterocycles. The first-order valence-electron chi connectivity index (χ1n) is 4.98. The standard InChI is InChI=1S/C12H13BrN2/c1-10(9-13)11-5-2-3-6-12(11)15-8-4-7-14-15/h2-8,10H,9H2,1H3. The molecule has 0 saturated carbocycles. The molecule has 0 amide bonds. The largest absolute Gasteiger partial charge is 0.241 e. The lowest BCUT2D eigenvalue weighted by atomic mass is 10.0. The maximum Gasteiger partial charge on any atom is 0.0680 e. The summed E-state index contributed by atoms with van der Waals surface area (Å²) in [6, 6.07) is 10.3. The SMILES string of the molecule is CC(CBr)c1ccccc1-n1cccn1. The van der Waals surface area contributed by atoms with E-state index in [1.165, 1.54) is 5.56 Å². The third-order valence-corrected chi connectivity index (χ3v) is 3.42. The van der Waals surface area contributed by atoms with Crippen molar-refractivity contribution in [3.05, 3.63) is 48.3 Å². The predicted octanol–water partition coefficient (Wildman–Crippen LogP) is 3.37. The smallest absolute Gasteiger partial charge is 0.0680 e. The first-order chi connectivity index (χ1) is 7.33. The number of hydrogen-bond donors (Lipinski definition) is 0. The van der Waals surface area contributed by atoms with Crippen molar-refractivity contribution in [1.29, 1.82) is 0 Å². The zero-order valence-electron chi connectivity index (χ0n) is 8.60. The van der Waals surface area contributed by atoms with Gasteiger partial charge in [0.15, 0.2) is 0 Å². The predicted molar refractivity (Wildman–Crippen MR) is 65.8 cm³/mol. The van der Waals surface area contributed by atoms with Crippen LogP contribution in [0.25, 0.3) is 5.69 Å². The lowest BCUT2D eigenvalue weighted by Gasteiger charge is -2.13. The van der Waals surface area contributed by atoms with Crippen molar-refractivity contribution in [3.8, 4) is 5.69 Å². The summed E-state index contributed by atoms with van der Waals surface area (Å²) in [5.74, 6) is 0.491. The average Bonchev–Trinajstić information content (AvgIpc) is 2.81. The molecule has 2 nitrogen and oxygen atoms in total. The molecule has 0 bridgehead atoms. The van der Waals surface area contributed by atoms with Gasteiger partial charge in [-0.2, -0.15) is 5.10 Å². The second-order valence-electron chi connectivity index (χ2n) is 3.56. The van der Waals surface area contributed by atoms with Gasteiger partial charge in [0.1, 0.15) is 0 Å². The van der Waals surface area contributed by atoms with E-state index in [2.05, 4.69) is 46.2 Å². The molecule has 1 unspecified atom stereocenters. The summed E-state index contributed by atoms with van der Waals surface area (Å²) in [4.78, 5) is 0. The lowest BCUT2D eigenvalue weighted by molar-refractivity contribution is 0.818. The van der Waals surface area contributed by atoms with Crippen molar-refractivity contribution in [2.24, 2.45) is 0 Å². The number of hydrogen-bond acceptors (Lipinski definition) is 1. The minimum atomic E-state index is 0.491. The van der Waals surface area contributed by atoms with E-state index in [1.807, 2.05) is 23.0 Å². The molecule has 2 rings (SSSR count). The van der Waals surface area contributed by atoms with Crippen LogP contribution in [0.1, 0.15) is 18.4 Å². The van der Waals surface area contributed by atoms with Crippen LogP contribution >= 0.6 is 15.9 Å². The molecule has 78 valence electrons. The van der Waals surface area contributed by atoms with Crippen molar-refractivity contribution < 1.29 is 0 Å². The van der Waals surface area contributed by atoms with E-state index < -0.39 is 0 Å². The van der Waals surface area contributed by atoms with Gasteiger partial charge in [0, 0.05) is 17.7 Å². The summed E-state index contributed by atoms with van der Waals surface area (Å²) in [5.41, 5.74) is 2.48. The van der Waals surface area contributed by atoms with Crippen molar-refractivity contribution in [2.75, 3.05) is 5.33 Å². The fourth-order valence-electron chi connectivity index (χ4n) is 1.61. The maximum absolute atomic E-state index is 4.27. The molecule has 0 saturated heterocycles. The number of para-hydroxylation sites is 1. The number of rotatable bonds is 3. The molecule has 0 N–H and O–H groups in total. The van der Waals surface area contributed by atoms with Crippen LogP contribution in [0.3, 0.4) is 0 Å². The summed E-state index contributed by atoms with van der Waals surface area (Å²) in [6.07, 6.45) is 3.77. The first kappa shape index (κ1) is 10.4. The number of alkyl halides is 1. The van der Waals surface area contributed by atoms with E-state index in [1.54, 1.807) is 6.20 Å². The minimum Gasteiger partial charge on any atom is -0.241 e. The molecule has 2 aromatic rings.